The first-order valence-corrected chi connectivity index (χ1v) is 7.61. The lowest BCUT2D eigenvalue weighted by molar-refractivity contribution is 0.102. The van der Waals surface area contributed by atoms with Crippen LogP contribution in [0.15, 0.2) is 18.2 Å². The molecule has 2 rings (SSSR count). The van der Waals surface area contributed by atoms with E-state index in [-0.39, 0.29) is 21.5 Å². The van der Waals surface area contributed by atoms with Crippen molar-refractivity contribution >= 4 is 80.6 Å². The Bertz CT molecular complexity index is 655. The number of rotatable bonds is 2. The minimum Gasteiger partial charge on any atom is -0.297 e. The summed E-state index contributed by atoms with van der Waals surface area (Å²) in [5, 5.41) is 3.36. The Morgan fingerprint density at radius 1 is 1.25 bits per heavy atom. The van der Waals surface area contributed by atoms with Crippen molar-refractivity contribution in [3.8, 4) is 0 Å². The van der Waals surface area contributed by atoms with Crippen LogP contribution in [0.3, 0.4) is 0 Å². The van der Waals surface area contributed by atoms with Gasteiger partial charge >= 0.3 is 0 Å². The summed E-state index contributed by atoms with van der Waals surface area (Å²) in [6.07, 6.45) is 0. The first kappa shape index (κ1) is 16.1. The van der Waals surface area contributed by atoms with Crippen molar-refractivity contribution in [1.29, 1.82) is 0 Å². The molecule has 0 atom stereocenters. The summed E-state index contributed by atoms with van der Waals surface area (Å²) in [5.41, 5.74) is 0.252. The van der Waals surface area contributed by atoms with E-state index in [4.69, 9.17) is 58.0 Å². The van der Waals surface area contributed by atoms with Gasteiger partial charge in [-0.25, -0.2) is 0 Å². The lowest BCUT2D eigenvalue weighted by Crippen LogP contribution is -2.12. The molecule has 1 N–H and O–H groups in total. The van der Waals surface area contributed by atoms with E-state index in [9.17, 15) is 4.79 Å². The van der Waals surface area contributed by atoms with Crippen molar-refractivity contribution in [2.45, 2.75) is 3.79 Å². The van der Waals surface area contributed by atoms with E-state index in [0.29, 0.717) is 5.02 Å². The van der Waals surface area contributed by atoms with Crippen LogP contribution in [0.5, 0.6) is 0 Å². The monoisotopic (exact) mass is 389 g/mol. The molecule has 0 aliphatic rings. The van der Waals surface area contributed by atoms with Gasteiger partial charge in [-0.1, -0.05) is 58.0 Å². The molecule has 0 aliphatic carbocycles. The Morgan fingerprint density at radius 3 is 2.50 bits per heavy atom. The van der Waals surface area contributed by atoms with Crippen molar-refractivity contribution < 1.29 is 4.79 Å². The number of hydrogen-bond donors (Lipinski definition) is 1. The van der Waals surface area contributed by atoms with E-state index in [1.807, 2.05) is 0 Å². The number of nitrogens with one attached hydrogen (secondary N) is 1. The summed E-state index contributed by atoms with van der Waals surface area (Å²) in [5.74, 6) is -0.469. The Morgan fingerprint density at radius 2 is 1.95 bits per heavy atom. The molecule has 106 valence electrons. The van der Waals surface area contributed by atoms with Crippen LogP contribution in [0, 0.1) is 0 Å². The molecule has 0 saturated carbocycles. The standard InChI is InChI=1S/C10H4Cl5N3OS/c11-4-1-2-5(6(12)3-4)7(19)16-9-17-8(18-20-9)10(13,14)15/h1-3H,(H,16,17,18,19). The summed E-state index contributed by atoms with van der Waals surface area (Å²) in [6.45, 7) is 0. The topological polar surface area (TPSA) is 54.9 Å². The Hall–Kier alpha value is -0.300. The van der Waals surface area contributed by atoms with E-state index in [2.05, 4.69) is 14.7 Å². The van der Waals surface area contributed by atoms with Gasteiger partial charge in [0.05, 0.1) is 10.6 Å². The molecule has 20 heavy (non-hydrogen) atoms. The molecule has 1 amide bonds. The van der Waals surface area contributed by atoms with Gasteiger partial charge in [-0.05, 0) is 18.2 Å². The first-order chi connectivity index (χ1) is 9.27. The van der Waals surface area contributed by atoms with Gasteiger partial charge in [0.15, 0.2) is 5.82 Å². The van der Waals surface area contributed by atoms with Crippen LogP contribution in [0.2, 0.25) is 10.0 Å². The smallest absolute Gasteiger partial charge is 0.258 e. The number of nitrogens with zero attached hydrogens (tertiary/aromatic N) is 2. The maximum Gasteiger partial charge on any atom is 0.258 e. The summed E-state index contributed by atoms with van der Waals surface area (Å²) >= 11 is 29.5. The summed E-state index contributed by atoms with van der Waals surface area (Å²) < 4.78 is 2.10. The third-order valence-corrected chi connectivity index (χ3v) is 3.76. The number of carbonyl (C=O) groups is 1. The van der Waals surface area contributed by atoms with Crippen LogP contribution in [0.1, 0.15) is 16.2 Å². The van der Waals surface area contributed by atoms with E-state index in [1.54, 1.807) is 6.07 Å². The molecule has 0 spiro atoms. The summed E-state index contributed by atoms with van der Waals surface area (Å²) in [6, 6.07) is 4.51. The Balaban J connectivity index is 2.17. The molecule has 1 aromatic heterocycles. The predicted molar refractivity (Wildman–Crippen MR) is 83.6 cm³/mol. The van der Waals surface area contributed by atoms with Gasteiger partial charge in [0, 0.05) is 16.6 Å². The molecular weight excluding hydrogens is 387 g/mol. The molecule has 0 unspecified atom stereocenters. The van der Waals surface area contributed by atoms with Crippen LogP contribution in [-0.2, 0) is 3.79 Å². The molecule has 0 aliphatic heterocycles. The number of anilines is 1. The largest absolute Gasteiger partial charge is 0.297 e. The van der Waals surface area contributed by atoms with Crippen LogP contribution in [0.25, 0.3) is 0 Å². The van der Waals surface area contributed by atoms with Crippen LogP contribution < -0.4 is 5.32 Å². The molecule has 0 radical (unpaired) electrons. The number of benzene rings is 1. The van der Waals surface area contributed by atoms with Crippen molar-refractivity contribution in [1.82, 2.24) is 9.36 Å². The van der Waals surface area contributed by atoms with E-state index in [0.717, 1.165) is 11.5 Å². The van der Waals surface area contributed by atoms with Gasteiger partial charge in [-0.2, -0.15) is 9.36 Å². The number of amides is 1. The fourth-order valence-electron chi connectivity index (χ4n) is 1.23. The second kappa shape index (κ2) is 6.22. The molecule has 10 heteroatoms. The number of hydrogen-bond acceptors (Lipinski definition) is 4. The number of alkyl halides is 3. The highest BCUT2D eigenvalue weighted by molar-refractivity contribution is 7.10. The molecular formula is C10H4Cl5N3OS. The maximum atomic E-state index is 12.0. The highest BCUT2D eigenvalue weighted by atomic mass is 35.6. The van der Waals surface area contributed by atoms with Crippen molar-refractivity contribution in [2.24, 2.45) is 0 Å². The highest BCUT2D eigenvalue weighted by Gasteiger charge is 2.28. The molecule has 0 bridgehead atoms. The third-order valence-electron chi connectivity index (χ3n) is 2.08. The lowest BCUT2D eigenvalue weighted by atomic mass is 10.2. The van der Waals surface area contributed by atoms with Crippen LogP contribution >= 0.6 is 69.5 Å². The van der Waals surface area contributed by atoms with Crippen molar-refractivity contribution in [3.63, 3.8) is 0 Å². The van der Waals surface area contributed by atoms with Gasteiger partial charge < -0.3 is 0 Å². The van der Waals surface area contributed by atoms with E-state index in [1.165, 1.54) is 12.1 Å². The van der Waals surface area contributed by atoms with Crippen LogP contribution in [0.4, 0.5) is 5.13 Å². The van der Waals surface area contributed by atoms with Gasteiger partial charge in [-0.3, -0.25) is 10.1 Å². The molecule has 1 aromatic carbocycles. The van der Waals surface area contributed by atoms with Gasteiger partial charge in [-0.15, -0.1) is 0 Å². The average molecular weight is 391 g/mol. The fraction of sp³-hybridized carbons (Fsp3) is 0.100. The maximum absolute atomic E-state index is 12.0. The summed E-state index contributed by atoms with van der Waals surface area (Å²) in [4.78, 5) is 15.9. The zero-order valence-corrected chi connectivity index (χ0v) is 13.9. The zero-order chi connectivity index (χ0) is 14.9. The van der Waals surface area contributed by atoms with Crippen LogP contribution in [-0.4, -0.2) is 15.3 Å². The van der Waals surface area contributed by atoms with E-state index >= 15 is 0 Å². The Kier molecular flexibility index (Phi) is 5.00. The minimum absolute atomic E-state index is 0.00926. The summed E-state index contributed by atoms with van der Waals surface area (Å²) in [7, 11) is 0. The molecule has 0 saturated heterocycles. The Labute approximate surface area is 143 Å². The zero-order valence-electron chi connectivity index (χ0n) is 9.33. The SMILES string of the molecule is O=C(Nc1nc(C(Cl)(Cl)Cl)ns1)c1ccc(Cl)cc1Cl. The third kappa shape index (κ3) is 3.87. The van der Waals surface area contributed by atoms with Crippen molar-refractivity contribution in [3.05, 3.63) is 39.6 Å². The molecule has 2 aromatic rings. The van der Waals surface area contributed by atoms with Gasteiger partial charge in [0.1, 0.15) is 0 Å². The second-order valence-electron chi connectivity index (χ2n) is 3.50. The number of aromatic nitrogens is 2. The molecule has 0 fully saturated rings. The average Bonchev–Trinajstić information content (AvgIpc) is 2.76. The molecule has 1 heterocycles. The second-order valence-corrected chi connectivity index (χ2v) is 7.38. The number of halogens is 5. The van der Waals surface area contributed by atoms with Gasteiger partial charge in [0.2, 0.25) is 5.13 Å². The fourth-order valence-corrected chi connectivity index (χ4v) is 2.74. The van der Waals surface area contributed by atoms with Crippen molar-refractivity contribution in [2.75, 3.05) is 5.32 Å². The highest BCUT2D eigenvalue weighted by Crippen LogP contribution is 2.37. The minimum atomic E-state index is -1.74. The quantitative estimate of drug-likeness (QED) is 0.739. The first-order valence-electron chi connectivity index (χ1n) is 4.94. The normalized spacial score (nSPS) is 11.4. The predicted octanol–water partition coefficient (Wildman–Crippen LogP) is 4.92. The van der Waals surface area contributed by atoms with Gasteiger partial charge in [0.25, 0.3) is 9.70 Å². The number of carbonyl (C=O) groups excluding carboxylic acids is 1. The lowest BCUT2D eigenvalue weighted by Gasteiger charge is -2.05. The van der Waals surface area contributed by atoms with E-state index < -0.39 is 9.70 Å². The molecule has 4 nitrogen and oxygen atoms in total.